The largest absolute Gasteiger partial charge is 0.480 e. The fourth-order valence-corrected chi connectivity index (χ4v) is 5.24. The van der Waals surface area contributed by atoms with Crippen LogP contribution in [-0.4, -0.2) is 60.9 Å². The highest BCUT2D eigenvalue weighted by Gasteiger charge is 2.40. The average molecular weight is 490 g/mol. The third-order valence-corrected chi connectivity index (χ3v) is 7.29. The first-order valence-corrected chi connectivity index (χ1v) is 12.1. The summed E-state index contributed by atoms with van der Waals surface area (Å²) in [5.41, 5.74) is 7.00. The Morgan fingerprint density at radius 2 is 1.74 bits per heavy atom. The van der Waals surface area contributed by atoms with Gasteiger partial charge in [0, 0.05) is 18.8 Å². The summed E-state index contributed by atoms with van der Waals surface area (Å²) >= 11 is 0. The molecule has 12 heteroatoms. The molecule has 11 nitrogen and oxygen atoms in total. The van der Waals surface area contributed by atoms with Gasteiger partial charge in [-0.2, -0.15) is 4.31 Å². The number of rotatable bonds is 9. The third kappa shape index (κ3) is 6.23. The minimum atomic E-state index is -3.91. The smallest absolute Gasteiger partial charge is 0.328 e. The SMILES string of the molecule is Nc1ccc(CNC(=O)NC[C@H](NC(=O)[C@@H]2CCCN2S(=O)(=O)c2ccccc2)C(=O)O)cc1. The van der Waals surface area contributed by atoms with Crippen molar-refractivity contribution in [2.24, 2.45) is 0 Å². The summed E-state index contributed by atoms with van der Waals surface area (Å²) in [5, 5.41) is 16.8. The van der Waals surface area contributed by atoms with Gasteiger partial charge in [-0.05, 0) is 42.7 Å². The number of anilines is 1. The van der Waals surface area contributed by atoms with Gasteiger partial charge in [0.05, 0.1) is 11.4 Å². The fraction of sp³-hybridized carbons (Fsp3) is 0.318. The van der Waals surface area contributed by atoms with Crippen molar-refractivity contribution in [2.45, 2.75) is 36.4 Å². The van der Waals surface area contributed by atoms with Crippen LogP contribution in [0.25, 0.3) is 0 Å². The van der Waals surface area contributed by atoms with E-state index in [2.05, 4.69) is 16.0 Å². The highest BCUT2D eigenvalue weighted by atomic mass is 32.2. The van der Waals surface area contributed by atoms with Crippen molar-refractivity contribution in [3.8, 4) is 0 Å². The maximum atomic E-state index is 12.9. The number of carboxylic acid groups (broad SMARTS) is 1. The molecule has 0 spiro atoms. The van der Waals surface area contributed by atoms with Crippen LogP contribution in [0.3, 0.4) is 0 Å². The lowest BCUT2D eigenvalue weighted by atomic mass is 10.2. The number of urea groups is 1. The Morgan fingerprint density at radius 3 is 2.38 bits per heavy atom. The number of nitrogens with two attached hydrogens (primary N) is 1. The maximum Gasteiger partial charge on any atom is 0.328 e. The Balaban J connectivity index is 1.57. The topological polar surface area (TPSA) is 171 Å². The molecule has 0 aliphatic carbocycles. The van der Waals surface area contributed by atoms with Crippen molar-refractivity contribution < 1.29 is 27.9 Å². The van der Waals surface area contributed by atoms with E-state index in [1.807, 2.05) is 0 Å². The number of amides is 3. The Labute approximate surface area is 197 Å². The molecule has 0 radical (unpaired) electrons. The maximum absolute atomic E-state index is 12.9. The van der Waals surface area contributed by atoms with Crippen molar-refractivity contribution in [1.82, 2.24) is 20.3 Å². The van der Waals surface area contributed by atoms with Gasteiger partial charge in [0.2, 0.25) is 15.9 Å². The lowest BCUT2D eigenvalue weighted by Crippen LogP contribution is -2.54. The Kier molecular flexibility index (Phi) is 8.08. The van der Waals surface area contributed by atoms with Crippen molar-refractivity contribution in [3.63, 3.8) is 0 Å². The number of aliphatic carboxylic acids is 1. The number of nitrogen functional groups attached to an aromatic ring is 1. The normalized spacial score (nSPS) is 17.0. The number of sulfonamides is 1. The van der Waals surface area contributed by atoms with E-state index in [1.165, 1.54) is 12.1 Å². The second-order valence-corrected chi connectivity index (χ2v) is 9.68. The lowest BCUT2D eigenvalue weighted by Gasteiger charge is -2.25. The van der Waals surface area contributed by atoms with Crippen molar-refractivity contribution in [3.05, 3.63) is 60.2 Å². The van der Waals surface area contributed by atoms with Crippen LogP contribution >= 0.6 is 0 Å². The first kappa shape index (κ1) is 25.0. The highest BCUT2D eigenvalue weighted by molar-refractivity contribution is 7.89. The number of hydrogen-bond donors (Lipinski definition) is 5. The van der Waals surface area contributed by atoms with E-state index in [-0.39, 0.29) is 31.0 Å². The molecule has 182 valence electrons. The molecule has 1 fully saturated rings. The number of benzene rings is 2. The Hall–Kier alpha value is -3.64. The molecule has 6 N–H and O–H groups in total. The standard InChI is InChI=1S/C22H27N5O6S/c23-16-10-8-15(9-11-16)13-24-22(31)25-14-18(21(29)30)26-20(28)19-7-4-12-27(19)34(32,33)17-5-2-1-3-6-17/h1-3,5-6,8-11,18-19H,4,7,12-14,23H2,(H,26,28)(H,29,30)(H2,24,25,31)/t18-,19-/m0/s1. The zero-order valence-corrected chi connectivity index (χ0v) is 19.1. The van der Waals surface area contributed by atoms with Gasteiger partial charge in [-0.25, -0.2) is 18.0 Å². The summed E-state index contributed by atoms with van der Waals surface area (Å²) in [7, 11) is -3.91. The van der Waals surface area contributed by atoms with E-state index < -0.39 is 40.0 Å². The van der Waals surface area contributed by atoms with E-state index in [4.69, 9.17) is 5.73 Å². The number of nitrogens with one attached hydrogen (secondary N) is 3. The lowest BCUT2D eigenvalue weighted by molar-refractivity contribution is -0.142. The van der Waals surface area contributed by atoms with E-state index in [9.17, 15) is 27.9 Å². The number of nitrogens with zero attached hydrogens (tertiary/aromatic N) is 1. The highest BCUT2D eigenvalue weighted by Crippen LogP contribution is 2.26. The van der Waals surface area contributed by atoms with Crippen LogP contribution in [0.5, 0.6) is 0 Å². The minimum Gasteiger partial charge on any atom is -0.480 e. The summed E-state index contributed by atoms with van der Waals surface area (Å²) in [6.45, 7) is -0.0315. The molecule has 1 aliphatic rings. The fourth-order valence-electron chi connectivity index (χ4n) is 3.56. The average Bonchev–Trinajstić information content (AvgIpc) is 3.33. The number of carboxylic acids is 1. The molecule has 0 saturated carbocycles. The second-order valence-electron chi connectivity index (χ2n) is 7.79. The molecule has 0 aromatic heterocycles. The predicted octanol–water partition coefficient (Wildman–Crippen LogP) is 0.491. The minimum absolute atomic E-state index is 0.0592. The Bertz CT molecular complexity index is 1120. The molecular formula is C22H27N5O6S. The van der Waals surface area contributed by atoms with Crippen LogP contribution in [0, 0.1) is 0 Å². The van der Waals surface area contributed by atoms with Gasteiger partial charge in [0.15, 0.2) is 0 Å². The van der Waals surface area contributed by atoms with Crippen LogP contribution < -0.4 is 21.7 Å². The van der Waals surface area contributed by atoms with Gasteiger partial charge in [-0.15, -0.1) is 0 Å². The predicted molar refractivity (Wildman–Crippen MR) is 124 cm³/mol. The van der Waals surface area contributed by atoms with E-state index >= 15 is 0 Å². The molecule has 0 bridgehead atoms. The van der Waals surface area contributed by atoms with Crippen LogP contribution in [0.15, 0.2) is 59.5 Å². The molecule has 3 amide bonds. The summed E-state index contributed by atoms with van der Waals surface area (Å²) in [6, 6.07) is 11.5. The summed E-state index contributed by atoms with van der Waals surface area (Å²) in [4.78, 5) is 36.6. The first-order chi connectivity index (χ1) is 16.2. The second kappa shape index (κ2) is 11.0. The van der Waals surface area contributed by atoms with Crippen molar-refractivity contribution >= 4 is 33.6 Å². The molecular weight excluding hydrogens is 462 g/mol. The molecule has 2 atom stereocenters. The van der Waals surface area contributed by atoms with Crippen LogP contribution in [0.1, 0.15) is 18.4 Å². The summed E-state index contributed by atoms with van der Waals surface area (Å²) < 4.78 is 27.0. The van der Waals surface area contributed by atoms with Gasteiger partial charge in [0.1, 0.15) is 12.1 Å². The van der Waals surface area contributed by atoms with Gasteiger partial charge >= 0.3 is 12.0 Å². The van der Waals surface area contributed by atoms with Gasteiger partial charge in [-0.1, -0.05) is 30.3 Å². The summed E-state index contributed by atoms with van der Waals surface area (Å²) in [6.07, 6.45) is 0.730. The van der Waals surface area contributed by atoms with E-state index in [0.717, 1.165) is 9.87 Å². The van der Waals surface area contributed by atoms with Crippen molar-refractivity contribution in [2.75, 3.05) is 18.8 Å². The first-order valence-electron chi connectivity index (χ1n) is 10.6. The zero-order valence-electron chi connectivity index (χ0n) is 18.3. The number of carbonyl (C=O) groups excluding carboxylic acids is 2. The van der Waals surface area contributed by atoms with E-state index in [0.29, 0.717) is 12.1 Å². The molecule has 1 heterocycles. The van der Waals surface area contributed by atoms with Gasteiger partial charge in [0.25, 0.3) is 0 Å². The quantitative estimate of drug-likeness (QED) is 0.319. The third-order valence-electron chi connectivity index (χ3n) is 5.37. The molecule has 2 aromatic carbocycles. The molecule has 34 heavy (non-hydrogen) atoms. The van der Waals surface area contributed by atoms with Gasteiger partial charge < -0.3 is 26.8 Å². The molecule has 3 rings (SSSR count). The van der Waals surface area contributed by atoms with Crippen LogP contribution in [-0.2, 0) is 26.2 Å². The van der Waals surface area contributed by atoms with Crippen molar-refractivity contribution in [1.29, 1.82) is 0 Å². The molecule has 1 saturated heterocycles. The molecule has 1 aliphatic heterocycles. The van der Waals surface area contributed by atoms with E-state index in [1.54, 1.807) is 42.5 Å². The number of carbonyl (C=O) groups is 3. The number of hydrogen-bond acceptors (Lipinski definition) is 6. The zero-order chi connectivity index (χ0) is 24.7. The van der Waals surface area contributed by atoms with Crippen LogP contribution in [0.2, 0.25) is 0 Å². The Morgan fingerprint density at radius 1 is 1.06 bits per heavy atom. The summed E-state index contributed by atoms with van der Waals surface area (Å²) in [5.74, 6) is -2.09. The van der Waals surface area contributed by atoms with Crippen LogP contribution in [0.4, 0.5) is 10.5 Å². The monoisotopic (exact) mass is 489 g/mol. The molecule has 0 unspecified atom stereocenters. The van der Waals surface area contributed by atoms with Gasteiger partial charge in [-0.3, -0.25) is 4.79 Å². The molecule has 2 aromatic rings.